The molecule has 0 unspecified atom stereocenters. The van der Waals surface area contributed by atoms with Crippen molar-refractivity contribution in [2.24, 2.45) is 5.73 Å². The number of nitrogens with two attached hydrogens (primary N) is 1. The smallest absolute Gasteiger partial charge is 0.221 e. The van der Waals surface area contributed by atoms with Gasteiger partial charge < -0.3 is 29.4 Å². The average Bonchev–Trinajstić information content (AvgIpc) is 3.25. The van der Waals surface area contributed by atoms with Crippen LogP contribution < -0.4 is 30.1 Å². The zero-order valence-electron chi connectivity index (χ0n) is 19.4. The third kappa shape index (κ3) is 4.68. The molecule has 0 bridgehead atoms. The Bertz CT molecular complexity index is 1160. The number of fused-ring (bicyclic) bond motifs is 3. The summed E-state index contributed by atoms with van der Waals surface area (Å²) in [6.07, 6.45) is 1.97. The number of amides is 1. The second-order valence-corrected chi connectivity index (χ2v) is 9.55. The molecule has 1 amide bonds. The van der Waals surface area contributed by atoms with Crippen LogP contribution in [0.2, 0.25) is 0 Å². The van der Waals surface area contributed by atoms with Crippen LogP contribution in [0.25, 0.3) is 11.1 Å². The Kier molecular flexibility index (Phi) is 7.51. The molecule has 2 aliphatic rings. The summed E-state index contributed by atoms with van der Waals surface area (Å²) in [4.78, 5) is 25.3. The highest BCUT2D eigenvalue weighted by atomic mass is 127. The maximum absolute atomic E-state index is 13.4. The summed E-state index contributed by atoms with van der Waals surface area (Å²) in [6, 6.07) is 5.44. The summed E-state index contributed by atoms with van der Waals surface area (Å²) < 4.78 is 29.2. The molecule has 8 nitrogen and oxygen atoms in total. The van der Waals surface area contributed by atoms with Crippen LogP contribution in [0, 0.1) is 3.57 Å². The number of hydrogen-bond donors (Lipinski definition) is 1. The molecular weight excluding hydrogens is 553 g/mol. The van der Waals surface area contributed by atoms with Crippen molar-refractivity contribution in [2.75, 3.05) is 34.5 Å². The Morgan fingerprint density at radius 1 is 1.09 bits per heavy atom. The van der Waals surface area contributed by atoms with Crippen LogP contribution in [0.3, 0.4) is 0 Å². The van der Waals surface area contributed by atoms with E-state index in [1.54, 1.807) is 27.4 Å². The molecule has 4 rings (SSSR count). The van der Waals surface area contributed by atoms with Crippen molar-refractivity contribution in [3.05, 3.63) is 43.1 Å². The first-order valence-electron chi connectivity index (χ1n) is 11.1. The Balaban J connectivity index is 2.01. The molecule has 0 radical (unpaired) electrons. The van der Waals surface area contributed by atoms with Gasteiger partial charge in [-0.05, 0) is 76.2 Å². The fraction of sp³-hybridized carbons (Fsp3) is 0.440. The van der Waals surface area contributed by atoms with Crippen LogP contribution in [-0.4, -0.2) is 46.6 Å². The maximum atomic E-state index is 13.4. The van der Waals surface area contributed by atoms with E-state index in [1.807, 2.05) is 12.1 Å². The van der Waals surface area contributed by atoms with Crippen molar-refractivity contribution in [1.82, 2.24) is 0 Å². The highest BCUT2D eigenvalue weighted by Gasteiger charge is 2.31. The Morgan fingerprint density at radius 3 is 2.47 bits per heavy atom. The lowest BCUT2D eigenvalue weighted by molar-refractivity contribution is -0.118. The van der Waals surface area contributed by atoms with Crippen molar-refractivity contribution in [3.63, 3.8) is 0 Å². The SMILES string of the molecule is COc1cc2c(c(OC)c1OC)-c1cc(I)c(O[C@H]3CCOC3)c(=O)cc1[C@H](CC(N)=O)CC2. The number of aryl methyl sites for hydroxylation is 1. The number of primary amides is 1. The highest BCUT2D eigenvalue weighted by Crippen LogP contribution is 2.51. The second-order valence-electron chi connectivity index (χ2n) is 8.39. The van der Waals surface area contributed by atoms with Gasteiger partial charge in [-0.15, -0.1) is 0 Å². The largest absolute Gasteiger partial charge is 0.493 e. The number of carbonyl (C=O) groups excluding carboxylic acids is 1. The van der Waals surface area contributed by atoms with Gasteiger partial charge in [0.2, 0.25) is 17.1 Å². The first-order chi connectivity index (χ1) is 16.4. The molecule has 2 atom stereocenters. The number of rotatable bonds is 7. The molecule has 0 saturated carbocycles. The first-order valence-corrected chi connectivity index (χ1v) is 12.2. The summed E-state index contributed by atoms with van der Waals surface area (Å²) in [5.74, 6) is 1.16. The minimum absolute atomic E-state index is 0.129. The van der Waals surface area contributed by atoms with E-state index in [0.29, 0.717) is 46.9 Å². The molecule has 1 aliphatic carbocycles. The number of hydrogen-bond acceptors (Lipinski definition) is 7. The number of carbonyl (C=O) groups is 1. The van der Waals surface area contributed by atoms with E-state index in [1.165, 1.54) is 0 Å². The Hall–Kier alpha value is -2.53. The van der Waals surface area contributed by atoms with Gasteiger partial charge in [0.25, 0.3) is 0 Å². The monoisotopic (exact) mass is 581 g/mol. The molecule has 2 aromatic rings. The molecule has 0 spiro atoms. The summed E-state index contributed by atoms with van der Waals surface area (Å²) in [6.45, 7) is 1.06. The van der Waals surface area contributed by atoms with Crippen molar-refractivity contribution in [3.8, 4) is 34.1 Å². The Labute approximate surface area is 211 Å². The molecule has 1 heterocycles. The van der Waals surface area contributed by atoms with Crippen molar-refractivity contribution >= 4 is 28.5 Å². The molecule has 0 aromatic heterocycles. The van der Waals surface area contributed by atoms with Crippen molar-refractivity contribution in [2.45, 2.75) is 37.7 Å². The minimum Gasteiger partial charge on any atom is -0.493 e. The van der Waals surface area contributed by atoms with E-state index in [9.17, 15) is 9.59 Å². The van der Waals surface area contributed by atoms with Crippen molar-refractivity contribution < 1.29 is 28.5 Å². The summed E-state index contributed by atoms with van der Waals surface area (Å²) >= 11 is 2.13. The predicted molar refractivity (Wildman–Crippen MR) is 135 cm³/mol. The number of methoxy groups -OCH3 is 3. The van der Waals surface area contributed by atoms with Gasteiger partial charge in [0.1, 0.15) is 6.10 Å². The molecule has 182 valence electrons. The third-order valence-electron chi connectivity index (χ3n) is 6.31. The van der Waals surface area contributed by atoms with Crippen LogP contribution >= 0.6 is 22.6 Å². The molecular formula is C25H28INO7. The fourth-order valence-corrected chi connectivity index (χ4v) is 5.46. The molecule has 34 heavy (non-hydrogen) atoms. The van der Waals surface area contributed by atoms with Gasteiger partial charge in [-0.2, -0.15) is 0 Å². The van der Waals surface area contributed by atoms with Gasteiger partial charge in [-0.1, -0.05) is 0 Å². The topological polar surface area (TPSA) is 106 Å². The van der Waals surface area contributed by atoms with E-state index in [-0.39, 0.29) is 29.6 Å². The Morgan fingerprint density at radius 2 is 1.85 bits per heavy atom. The first kappa shape index (κ1) is 24.6. The number of halogens is 1. The van der Waals surface area contributed by atoms with E-state index in [4.69, 9.17) is 29.4 Å². The van der Waals surface area contributed by atoms with E-state index < -0.39 is 5.91 Å². The molecule has 2 N–H and O–H groups in total. The van der Waals surface area contributed by atoms with Gasteiger partial charge in [-0.3, -0.25) is 9.59 Å². The summed E-state index contributed by atoms with van der Waals surface area (Å²) in [7, 11) is 4.71. The number of ether oxygens (including phenoxy) is 5. The standard InChI is InChI=1S/C25H28INO7/c1-30-20-8-14-5-4-13(9-21(27)29)16-11-19(28)23(34-15-6-7-33-12-15)18(26)10-17(16)22(14)25(32-3)24(20)31-2/h8,10-11,13,15H,4-7,9,12H2,1-3H3,(H2,27,29)/t13-,15-/m0/s1. The second kappa shape index (κ2) is 10.4. The predicted octanol–water partition coefficient (Wildman–Crippen LogP) is 3.42. The lowest BCUT2D eigenvalue weighted by Gasteiger charge is -2.19. The lowest BCUT2D eigenvalue weighted by Crippen LogP contribution is -2.20. The highest BCUT2D eigenvalue weighted by molar-refractivity contribution is 14.1. The van der Waals surface area contributed by atoms with E-state index in [2.05, 4.69) is 22.6 Å². The van der Waals surface area contributed by atoms with Crippen LogP contribution in [0.5, 0.6) is 23.0 Å². The van der Waals surface area contributed by atoms with Crippen LogP contribution in [-0.2, 0) is 16.0 Å². The quantitative estimate of drug-likeness (QED) is 0.500. The normalized spacial score (nSPS) is 18.9. The van der Waals surface area contributed by atoms with E-state index >= 15 is 0 Å². The van der Waals surface area contributed by atoms with Crippen LogP contribution in [0.4, 0.5) is 0 Å². The maximum Gasteiger partial charge on any atom is 0.221 e. The van der Waals surface area contributed by atoms with Gasteiger partial charge in [-0.25, -0.2) is 0 Å². The van der Waals surface area contributed by atoms with Crippen LogP contribution in [0.15, 0.2) is 23.0 Å². The third-order valence-corrected chi connectivity index (χ3v) is 7.11. The molecule has 1 fully saturated rings. The van der Waals surface area contributed by atoms with Gasteiger partial charge in [0.05, 0.1) is 38.1 Å². The number of benzene rings is 1. The van der Waals surface area contributed by atoms with Gasteiger partial charge >= 0.3 is 0 Å². The molecule has 9 heteroatoms. The zero-order valence-corrected chi connectivity index (χ0v) is 21.6. The van der Waals surface area contributed by atoms with Gasteiger partial charge in [0.15, 0.2) is 17.2 Å². The summed E-state index contributed by atoms with van der Waals surface area (Å²) in [5, 5.41) is 0. The van der Waals surface area contributed by atoms with E-state index in [0.717, 1.165) is 28.7 Å². The van der Waals surface area contributed by atoms with Crippen LogP contribution in [0.1, 0.15) is 36.3 Å². The summed E-state index contributed by atoms with van der Waals surface area (Å²) in [5.41, 5.74) is 8.67. The van der Waals surface area contributed by atoms with Gasteiger partial charge in [0, 0.05) is 18.4 Å². The molecule has 1 aliphatic heterocycles. The van der Waals surface area contributed by atoms with Crippen molar-refractivity contribution in [1.29, 1.82) is 0 Å². The zero-order chi connectivity index (χ0) is 24.4. The minimum atomic E-state index is -0.419. The lowest BCUT2D eigenvalue weighted by atomic mass is 9.90. The molecule has 2 aromatic carbocycles. The molecule has 1 saturated heterocycles. The average molecular weight is 581 g/mol. The fourth-order valence-electron chi connectivity index (χ4n) is 4.76.